The lowest BCUT2D eigenvalue weighted by molar-refractivity contribution is 0.105. The first-order chi connectivity index (χ1) is 29.7. The highest BCUT2D eigenvalue weighted by Crippen LogP contribution is 2.41. The van der Waals surface area contributed by atoms with Crippen molar-refractivity contribution in [1.82, 2.24) is 0 Å². The van der Waals surface area contributed by atoms with E-state index in [2.05, 4.69) is 36.3 Å². The number of para-hydroxylation sites is 1. The number of nitrogens with one attached hydrogen (secondary N) is 2. The summed E-state index contributed by atoms with van der Waals surface area (Å²) in [6, 6.07) is 24.3. The van der Waals surface area contributed by atoms with Crippen molar-refractivity contribution < 1.29 is 53.6 Å². The number of nitrogen functional groups attached to an aromatic ring is 2. The Bertz CT molecular complexity index is 3300. The molecule has 0 atom stereocenters. The van der Waals surface area contributed by atoms with Gasteiger partial charge in [0.2, 0.25) is 17.5 Å². The zero-order valence-electron chi connectivity index (χ0n) is 31.6. The number of carbonyl (C=O) groups is 2. The molecule has 24 heteroatoms. The zero-order chi connectivity index (χ0) is 45.4. The van der Waals surface area contributed by atoms with Gasteiger partial charge in [0, 0.05) is 16.8 Å². The molecular formula is C39H29N9O12S3. The van der Waals surface area contributed by atoms with E-state index in [-0.39, 0.29) is 39.4 Å². The maximum atomic E-state index is 13.7. The number of anilines is 4. The Morgan fingerprint density at radius 2 is 1.14 bits per heavy atom. The van der Waals surface area contributed by atoms with Crippen LogP contribution in [0.5, 0.6) is 0 Å². The molecule has 0 saturated carbocycles. The number of Topliss-reactive ketones (excluding diaryl/α,β-unsaturated/α-hetero) is 2. The normalized spacial score (nSPS) is 15.8. The van der Waals surface area contributed by atoms with E-state index in [4.69, 9.17) is 11.5 Å². The highest BCUT2D eigenvalue weighted by Gasteiger charge is 2.37. The van der Waals surface area contributed by atoms with Crippen molar-refractivity contribution in [3.63, 3.8) is 0 Å². The molecule has 0 radical (unpaired) electrons. The molecule has 0 bridgehead atoms. The van der Waals surface area contributed by atoms with Gasteiger partial charge in [-0.25, -0.2) is 4.99 Å². The molecule has 0 spiro atoms. The predicted molar refractivity (Wildman–Crippen MR) is 234 cm³/mol. The highest BCUT2D eigenvalue weighted by atomic mass is 32.2. The molecule has 5 aromatic carbocycles. The number of aliphatic hydroxyl groups is 1. The van der Waals surface area contributed by atoms with Crippen LogP contribution in [-0.4, -0.2) is 72.9 Å². The third kappa shape index (κ3) is 9.30. The number of hydrogen-bond donors (Lipinski definition) is 8. The van der Waals surface area contributed by atoms with E-state index in [9.17, 15) is 53.6 Å². The van der Waals surface area contributed by atoms with Gasteiger partial charge in [0.25, 0.3) is 30.4 Å². The number of aliphatic imine (C=N–C) groups is 1. The number of ketones is 2. The molecule has 0 amide bonds. The first-order valence-corrected chi connectivity index (χ1v) is 22.0. The van der Waals surface area contributed by atoms with Crippen LogP contribution in [0.1, 0.15) is 37.4 Å². The lowest BCUT2D eigenvalue weighted by Gasteiger charge is -2.20. The molecule has 320 valence electrons. The molecule has 0 heterocycles. The van der Waals surface area contributed by atoms with Gasteiger partial charge in [-0.05, 0) is 102 Å². The summed E-state index contributed by atoms with van der Waals surface area (Å²) in [7, 11) is -15.1. The topological polar surface area (TPSA) is 355 Å². The Morgan fingerprint density at radius 1 is 0.587 bits per heavy atom. The summed E-state index contributed by atoms with van der Waals surface area (Å²) in [5, 5.41) is 26.4. The van der Waals surface area contributed by atoms with Crippen molar-refractivity contribution in [2.75, 3.05) is 22.3 Å². The van der Waals surface area contributed by atoms with Crippen LogP contribution in [-0.2, 0) is 30.4 Å². The van der Waals surface area contributed by atoms with Crippen LogP contribution < -0.4 is 22.3 Å². The van der Waals surface area contributed by atoms with Crippen LogP contribution in [0.4, 0.5) is 39.8 Å². The molecule has 0 aliphatic heterocycles. The largest absolute Gasteiger partial charge is 0.493 e. The van der Waals surface area contributed by atoms with E-state index < -0.39 is 96.4 Å². The second-order valence-electron chi connectivity index (χ2n) is 13.3. The van der Waals surface area contributed by atoms with Crippen LogP contribution in [0.25, 0.3) is 12.2 Å². The zero-order valence-corrected chi connectivity index (χ0v) is 34.1. The van der Waals surface area contributed by atoms with E-state index in [1.165, 1.54) is 66.7 Å². The number of hydrazone groups is 2. The van der Waals surface area contributed by atoms with Gasteiger partial charge in [-0.15, -0.1) is 5.11 Å². The molecule has 21 nitrogen and oxygen atoms in total. The average Bonchev–Trinajstić information content (AvgIpc) is 3.22. The highest BCUT2D eigenvalue weighted by molar-refractivity contribution is 7.91. The first kappa shape index (κ1) is 43.4. The summed E-state index contributed by atoms with van der Waals surface area (Å²) in [6.45, 7) is 0. The summed E-state index contributed by atoms with van der Waals surface area (Å²) in [5.41, 5.74) is 15.2. The molecule has 0 fully saturated rings. The number of carbonyl (C=O) groups excluding carboxylic acids is 2. The minimum absolute atomic E-state index is 0.0617. The van der Waals surface area contributed by atoms with Gasteiger partial charge < -0.3 is 16.6 Å². The minimum atomic E-state index is -5.14. The van der Waals surface area contributed by atoms with Gasteiger partial charge in [0.1, 0.15) is 20.4 Å². The van der Waals surface area contributed by atoms with E-state index in [0.717, 1.165) is 18.2 Å². The molecule has 0 aromatic heterocycles. The second kappa shape index (κ2) is 16.6. The third-order valence-electron chi connectivity index (χ3n) is 9.05. The summed E-state index contributed by atoms with van der Waals surface area (Å²) in [5.74, 6) is -2.40. The monoisotopic (exact) mass is 911 g/mol. The molecule has 5 aromatic rings. The van der Waals surface area contributed by atoms with Crippen LogP contribution in [0, 0.1) is 0 Å². The molecular weight excluding hydrogens is 883 g/mol. The molecule has 7 rings (SSSR count). The van der Waals surface area contributed by atoms with Crippen LogP contribution >= 0.6 is 0 Å². The summed E-state index contributed by atoms with van der Waals surface area (Å²) in [4.78, 5) is 28.3. The van der Waals surface area contributed by atoms with Crippen molar-refractivity contribution in [1.29, 1.82) is 0 Å². The maximum Gasteiger partial charge on any atom is 0.296 e. The molecule has 2 aliphatic carbocycles. The van der Waals surface area contributed by atoms with Gasteiger partial charge in [0.15, 0.2) is 11.4 Å². The SMILES string of the molecule is Nc1ccc2c(c1)C(=O)/C(=N\Nc1ccc(N=C(O)c3ccc(N=Nc4c(S(=O)(=O)O)cc5c(c4N)C(=O)/C(=N\Nc4ccccc4)C(S(=O)(=O)O)=C5)cc3)cc1)C(S(=O)(=O)O)=C2. The number of rotatable bonds is 11. The number of azo groups is 1. The molecule has 10 N–H and O–H groups in total. The average molecular weight is 912 g/mol. The van der Waals surface area contributed by atoms with Gasteiger partial charge in [-0.1, -0.05) is 24.3 Å². The van der Waals surface area contributed by atoms with Crippen LogP contribution in [0.15, 0.2) is 143 Å². The van der Waals surface area contributed by atoms with Crippen molar-refractivity contribution in [3.8, 4) is 0 Å². The molecule has 2 aliphatic rings. The van der Waals surface area contributed by atoms with Crippen molar-refractivity contribution >= 4 is 111 Å². The van der Waals surface area contributed by atoms with E-state index >= 15 is 0 Å². The van der Waals surface area contributed by atoms with Crippen molar-refractivity contribution in [3.05, 3.63) is 141 Å². The lowest BCUT2D eigenvalue weighted by atomic mass is 9.92. The number of nitrogens with two attached hydrogens (primary N) is 2. The Balaban J connectivity index is 1.11. The molecule has 0 saturated heterocycles. The van der Waals surface area contributed by atoms with Crippen LogP contribution in [0.2, 0.25) is 0 Å². The van der Waals surface area contributed by atoms with Gasteiger partial charge in [-0.3, -0.25) is 34.1 Å². The number of benzene rings is 5. The fraction of sp³-hybridized carbons (Fsp3) is 0. The van der Waals surface area contributed by atoms with Gasteiger partial charge >= 0.3 is 0 Å². The van der Waals surface area contributed by atoms with E-state index in [1.807, 2.05) is 0 Å². The fourth-order valence-corrected chi connectivity index (χ4v) is 8.07. The molecule has 0 unspecified atom stereocenters. The molecule has 63 heavy (non-hydrogen) atoms. The number of fused-ring (bicyclic) bond motifs is 2. The Hall–Kier alpha value is -7.74. The number of nitrogens with zero attached hydrogens (tertiary/aromatic N) is 5. The van der Waals surface area contributed by atoms with E-state index in [0.29, 0.717) is 5.69 Å². The van der Waals surface area contributed by atoms with Crippen LogP contribution in [0.3, 0.4) is 0 Å². The summed E-state index contributed by atoms with van der Waals surface area (Å²) in [6.07, 6.45) is 1.86. The Labute approximate surface area is 356 Å². The minimum Gasteiger partial charge on any atom is -0.493 e. The Kier molecular flexibility index (Phi) is 11.4. The van der Waals surface area contributed by atoms with Crippen molar-refractivity contribution in [2.45, 2.75) is 4.90 Å². The third-order valence-corrected chi connectivity index (χ3v) is 11.6. The summed E-state index contributed by atoms with van der Waals surface area (Å²) >= 11 is 0. The van der Waals surface area contributed by atoms with Crippen molar-refractivity contribution in [2.24, 2.45) is 25.4 Å². The number of hydrogen-bond acceptors (Lipinski definition) is 17. The van der Waals surface area contributed by atoms with Gasteiger partial charge in [0.05, 0.1) is 34.0 Å². The number of allylic oxidation sites excluding steroid dienone is 2. The fourth-order valence-electron chi connectivity index (χ4n) is 6.08. The lowest BCUT2D eigenvalue weighted by Crippen LogP contribution is -2.28. The second-order valence-corrected chi connectivity index (χ2v) is 17.5. The van der Waals surface area contributed by atoms with E-state index in [1.54, 1.807) is 30.3 Å². The number of aliphatic hydroxyl groups excluding tert-OH is 1. The smallest absolute Gasteiger partial charge is 0.296 e. The Morgan fingerprint density at radius 3 is 1.73 bits per heavy atom. The predicted octanol–water partition coefficient (Wildman–Crippen LogP) is 5.94. The maximum absolute atomic E-state index is 13.7. The quantitative estimate of drug-likeness (QED) is 0.0190. The first-order valence-electron chi connectivity index (χ1n) is 17.6. The standard InChI is InChI=1S/C39H29N9O12S3/c40-23-9-6-21-16-30(62(55,56)57)35(37(49)28(21)19-23)47-45-27-14-12-24(13-15-27)42-39(51)20-7-10-26(11-8-20)44-46-34-29(61(52,53)54)17-22-18-31(63(58,59)60)36(38(50)32(22)33(34)41)48-43-25-4-2-1-3-5-25/h1-19,43,45H,40-41H2,(H,42,51)(H,52,53,54)(H,55,56,57)(H,58,59,60)/b46-44?,47-35-,48-36-. The van der Waals surface area contributed by atoms with Gasteiger partial charge in [-0.2, -0.15) is 40.6 Å². The summed E-state index contributed by atoms with van der Waals surface area (Å²) < 4.78 is 103.